The number of ether oxygens (including phenoxy) is 1. The molecule has 4 heteroatoms. The number of halogens is 2. The van der Waals surface area contributed by atoms with Crippen LogP contribution in [0.1, 0.15) is 11.1 Å². The quantitative estimate of drug-likeness (QED) is 0.632. The highest BCUT2D eigenvalue weighted by molar-refractivity contribution is 9.10. The molecule has 1 aromatic rings. The van der Waals surface area contributed by atoms with Crippen molar-refractivity contribution in [2.75, 3.05) is 7.11 Å². The van der Waals surface area contributed by atoms with Gasteiger partial charge in [-0.15, -0.1) is 11.6 Å². The summed E-state index contributed by atoms with van der Waals surface area (Å²) in [5.74, 6) is -0.390. The third-order valence-corrected chi connectivity index (χ3v) is 2.99. The smallest absolute Gasteiger partial charge is 0.324 e. The fourth-order valence-corrected chi connectivity index (χ4v) is 2.02. The van der Waals surface area contributed by atoms with Crippen LogP contribution in [0.4, 0.5) is 0 Å². The summed E-state index contributed by atoms with van der Waals surface area (Å²) in [6.45, 7) is 1.99. The van der Waals surface area contributed by atoms with Crippen molar-refractivity contribution in [2.45, 2.75) is 18.7 Å². The van der Waals surface area contributed by atoms with Crippen LogP contribution in [0.2, 0.25) is 0 Å². The van der Waals surface area contributed by atoms with Gasteiger partial charge >= 0.3 is 5.97 Å². The van der Waals surface area contributed by atoms with Crippen molar-refractivity contribution in [3.05, 3.63) is 33.8 Å². The minimum absolute atomic E-state index is 0.390. The van der Waals surface area contributed by atoms with E-state index in [9.17, 15) is 4.79 Å². The van der Waals surface area contributed by atoms with Crippen molar-refractivity contribution in [3.8, 4) is 0 Å². The van der Waals surface area contributed by atoms with Gasteiger partial charge in [-0.2, -0.15) is 0 Å². The van der Waals surface area contributed by atoms with Crippen LogP contribution in [0.15, 0.2) is 22.7 Å². The third kappa shape index (κ3) is 3.50. The van der Waals surface area contributed by atoms with Gasteiger partial charge in [-0.1, -0.05) is 22.0 Å². The van der Waals surface area contributed by atoms with Gasteiger partial charge in [-0.25, -0.2) is 0 Å². The number of hydrogen-bond acceptors (Lipinski definition) is 2. The molecule has 1 rings (SSSR count). The van der Waals surface area contributed by atoms with Crippen molar-refractivity contribution in [2.24, 2.45) is 0 Å². The zero-order chi connectivity index (χ0) is 11.4. The first-order valence-corrected chi connectivity index (χ1v) is 5.74. The molecule has 0 amide bonds. The molecule has 2 nitrogen and oxygen atoms in total. The van der Waals surface area contributed by atoms with E-state index in [1.807, 2.05) is 25.1 Å². The van der Waals surface area contributed by atoms with Gasteiger partial charge in [0.2, 0.25) is 0 Å². The first-order valence-electron chi connectivity index (χ1n) is 4.51. The molecule has 0 radical (unpaired) electrons. The van der Waals surface area contributed by atoms with E-state index < -0.39 is 5.38 Å². The van der Waals surface area contributed by atoms with Crippen LogP contribution in [0.5, 0.6) is 0 Å². The molecule has 0 aliphatic carbocycles. The fourth-order valence-electron chi connectivity index (χ4n) is 1.29. The van der Waals surface area contributed by atoms with Gasteiger partial charge in [-0.05, 0) is 36.6 Å². The van der Waals surface area contributed by atoms with E-state index in [0.29, 0.717) is 6.42 Å². The fraction of sp³-hybridized carbons (Fsp3) is 0.364. The van der Waals surface area contributed by atoms with Gasteiger partial charge in [0.25, 0.3) is 0 Å². The summed E-state index contributed by atoms with van der Waals surface area (Å²) in [6, 6.07) is 5.89. The number of methoxy groups -OCH3 is 1. The molecule has 0 saturated heterocycles. The lowest BCUT2D eigenvalue weighted by molar-refractivity contribution is -0.140. The Balaban J connectivity index is 2.76. The van der Waals surface area contributed by atoms with Crippen molar-refractivity contribution < 1.29 is 9.53 Å². The van der Waals surface area contributed by atoms with E-state index in [1.54, 1.807) is 0 Å². The summed E-state index contributed by atoms with van der Waals surface area (Å²) in [5.41, 5.74) is 2.17. The topological polar surface area (TPSA) is 26.3 Å². The summed E-state index contributed by atoms with van der Waals surface area (Å²) >= 11 is 9.27. The summed E-state index contributed by atoms with van der Waals surface area (Å²) in [5, 5.41) is -0.616. The Morgan fingerprint density at radius 2 is 2.27 bits per heavy atom. The summed E-state index contributed by atoms with van der Waals surface area (Å²) in [7, 11) is 1.34. The maximum absolute atomic E-state index is 11.1. The van der Waals surface area contributed by atoms with Crippen molar-refractivity contribution in [3.63, 3.8) is 0 Å². The Labute approximate surface area is 103 Å². The van der Waals surface area contributed by atoms with Gasteiger partial charge in [0, 0.05) is 4.47 Å². The Hall–Kier alpha value is -0.540. The summed E-state index contributed by atoms with van der Waals surface area (Å²) in [6.07, 6.45) is 0.493. The second-order valence-electron chi connectivity index (χ2n) is 3.27. The Morgan fingerprint density at radius 3 is 2.80 bits per heavy atom. The molecule has 0 heterocycles. The molecule has 0 bridgehead atoms. The highest BCUT2D eigenvalue weighted by atomic mass is 79.9. The molecule has 0 aliphatic heterocycles. The standard InChI is InChI=1S/C11H12BrClO2/c1-7-5-9(12)4-3-8(7)6-10(13)11(14)15-2/h3-5,10H,6H2,1-2H3. The van der Waals surface area contributed by atoms with E-state index in [0.717, 1.165) is 15.6 Å². The maximum Gasteiger partial charge on any atom is 0.324 e. The van der Waals surface area contributed by atoms with E-state index in [1.165, 1.54) is 7.11 Å². The van der Waals surface area contributed by atoms with Gasteiger partial charge in [0.15, 0.2) is 0 Å². The van der Waals surface area contributed by atoms with Gasteiger partial charge in [0.05, 0.1) is 7.11 Å². The first kappa shape index (κ1) is 12.5. The second-order valence-corrected chi connectivity index (χ2v) is 4.71. The Kier molecular flexibility index (Phi) is 4.61. The van der Waals surface area contributed by atoms with Crippen molar-refractivity contribution in [1.29, 1.82) is 0 Å². The van der Waals surface area contributed by atoms with E-state index in [4.69, 9.17) is 11.6 Å². The zero-order valence-corrected chi connectivity index (χ0v) is 10.9. The minimum atomic E-state index is -0.616. The predicted molar refractivity (Wildman–Crippen MR) is 64.2 cm³/mol. The van der Waals surface area contributed by atoms with Crippen molar-refractivity contribution >= 4 is 33.5 Å². The van der Waals surface area contributed by atoms with E-state index >= 15 is 0 Å². The largest absolute Gasteiger partial charge is 0.468 e. The highest BCUT2D eigenvalue weighted by Gasteiger charge is 2.16. The van der Waals surface area contributed by atoms with Crippen LogP contribution < -0.4 is 0 Å². The van der Waals surface area contributed by atoms with Crippen LogP contribution in [0.3, 0.4) is 0 Å². The molecule has 0 saturated carbocycles. The molecule has 0 N–H and O–H groups in total. The Morgan fingerprint density at radius 1 is 1.60 bits per heavy atom. The van der Waals surface area contributed by atoms with Gasteiger partial charge in [-0.3, -0.25) is 4.79 Å². The first-order chi connectivity index (χ1) is 7.04. The molecular weight excluding hydrogens is 279 g/mol. The lowest BCUT2D eigenvalue weighted by atomic mass is 10.0. The highest BCUT2D eigenvalue weighted by Crippen LogP contribution is 2.18. The molecular formula is C11H12BrClO2. The molecule has 82 valence electrons. The third-order valence-electron chi connectivity index (χ3n) is 2.16. The number of carbonyl (C=O) groups is 1. The number of alkyl halides is 1. The van der Waals surface area contributed by atoms with E-state index in [-0.39, 0.29) is 5.97 Å². The van der Waals surface area contributed by atoms with Crippen molar-refractivity contribution in [1.82, 2.24) is 0 Å². The lowest BCUT2D eigenvalue weighted by Gasteiger charge is -2.09. The Bertz CT molecular complexity index is 366. The van der Waals surface area contributed by atoms with E-state index in [2.05, 4.69) is 20.7 Å². The van der Waals surface area contributed by atoms with Crippen LogP contribution in [-0.4, -0.2) is 18.5 Å². The van der Waals surface area contributed by atoms with Crippen LogP contribution in [0, 0.1) is 6.92 Å². The average Bonchev–Trinajstić information content (AvgIpc) is 2.20. The molecule has 0 fully saturated rings. The lowest BCUT2D eigenvalue weighted by Crippen LogP contribution is -2.19. The van der Waals surface area contributed by atoms with Crippen LogP contribution >= 0.6 is 27.5 Å². The molecule has 0 aliphatic rings. The van der Waals surface area contributed by atoms with Gasteiger partial charge < -0.3 is 4.74 Å². The predicted octanol–water partition coefficient (Wildman–Crippen LogP) is 3.08. The van der Waals surface area contributed by atoms with Crippen LogP contribution in [0.25, 0.3) is 0 Å². The average molecular weight is 292 g/mol. The molecule has 0 spiro atoms. The minimum Gasteiger partial charge on any atom is -0.468 e. The number of esters is 1. The molecule has 1 aromatic carbocycles. The number of aryl methyl sites for hydroxylation is 1. The molecule has 15 heavy (non-hydrogen) atoms. The second kappa shape index (κ2) is 5.52. The van der Waals surface area contributed by atoms with Gasteiger partial charge in [0.1, 0.15) is 5.38 Å². The SMILES string of the molecule is COC(=O)C(Cl)Cc1ccc(Br)cc1C. The number of hydrogen-bond donors (Lipinski definition) is 0. The number of benzene rings is 1. The van der Waals surface area contributed by atoms with Crippen LogP contribution in [-0.2, 0) is 16.0 Å². The summed E-state index contributed by atoms with van der Waals surface area (Å²) < 4.78 is 5.59. The monoisotopic (exact) mass is 290 g/mol. The number of carbonyl (C=O) groups excluding carboxylic acids is 1. The number of rotatable bonds is 3. The zero-order valence-electron chi connectivity index (χ0n) is 8.59. The molecule has 1 unspecified atom stereocenters. The summed E-state index contributed by atoms with van der Waals surface area (Å²) in [4.78, 5) is 11.1. The normalized spacial score (nSPS) is 12.3. The maximum atomic E-state index is 11.1. The molecule has 1 atom stereocenters. The molecule has 0 aromatic heterocycles.